The molecular formula is C21H21N3O3. The van der Waals surface area contributed by atoms with Crippen LogP contribution in [0.15, 0.2) is 42.5 Å². The third-order valence-electron chi connectivity index (χ3n) is 4.28. The molecule has 0 saturated carbocycles. The Kier molecular flexibility index (Phi) is 4.11. The van der Waals surface area contributed by atoms with Gasteiger partial charge in [-0.05, 0) is 42.0 Å². The van der Waals surface area contributed by atoms with E-state index in [4.69, 9.17) is 9.47 Å². The average Bonchev–Trinajstić information content (AvgIpc) is 3.25. The molecule has 1 aliphatic rings. The summed E-state index contributed by atoms with van der Waals surface area (Å²) in [4.78, 5) is 20.2. The Morgan fingerprint density at radius 1 is 1.15 bits per heavy atom. The molecule has 1 aromatic heterocycles. The number of hydrogen-bond acceptors (Lipinski definition) is 4. The first-order valence-electron chi connectivity index (χ1n) is 8.77. The lowest BCUT2D eigenvalue weighted by molar-refractivity contribution is -0.111. The minimum atomic E-state index is -0.206. The number of aromatic nitrogens is 2. The summed E-state index contributed by atoms with van der Waals surface area (Å²) < 4.78 is 10.6. The van der Waals surface area contributed by atoms with E-state index in [-0.39, 0.29) is 18.1 Å². The lowest BCUT2D eigenvalue weighted by atomic mass is 9.96. The SMILES string of the molecule is CC(C)(C)c1nc2ccc(NC(=O)/C=C/c3ccc4c(c3)OCO4)cc2[nH]1. The Morgan fingerprint density at radius 2 is 1.96 bits per heavy atom. The first-order chi connectivity index (χ1) is 12.9. The van der Waals surface area contributed by atoms with Crippen LogP contribution in [0.3, 0.4) is 0 Å². The second kappa shape index (κ2) is 6.46. The standard InChI is InChI=1S/C21H21N3O3/c1-21(2,3)20-23-15-7-6-14(11-16(15)24-20)22-19(25)9-5-13-4-8-17-18(10-13)27-12-26-17/h4-11H,12H2,1-3H3,(H,22,25)(H,23,24)/b9-5+. The van der Waals surface area contributed by atoms with Gasteiger partial charge in [-0.25, -0.2) is 4.98 Å². The molecule has 0 spiro atoms. The quantitative estimate of drug-likeness (QED) is 0.683. The Morgan fingerprint density at radius 3 is 2.78 bits per heavy atom. The number of nitrogens with zero attached hydrogens (tertiary/aromatic N) is 1. The van der Waals surface area contributed by atoms with Gasteiger partial charge in [-0.2, -0.15) is 0 Å². The summed E-state index contributed by atoms with van der Waals surface area (Å²) in [5, 5.41) is 2.88. The van der Waals surface area contributed by atoms with Gasteiger partial charge in [0.1, 0.15) is 5.82 Å². The molecule has 0 bridgehead atoms. The molecule has 0 atom stereocenters. The molecule has 1 aliphatic heterocycles. The van der Waals surface area contributed by atoms with E-state index in [1.54, 1.807) is 6.08 Å². The van der Waals surface area contributed by atoms with Gasteiger partial charge in [-0.15, -0.1) is 0 Å². The minimum absolute atomic E-state index is 0.0597. The zero-order chi connectivity index (χ0) is 19.0. The fraction of sp³-hybridized carbons (Fsp3) is 0.238. The summed E-state index contributed by atoms with van der Waals surface area (Å²) in [7, 11) is 0. The second-order valence-corrected chi connectivity index (χ2v) is 7.50. The van der Waals surface area contributed by atoms with Crippen LogP contribution in [0.2, 0.25) is 0 Å². The number of carbonyl (C=O) groups excluding carboxylic acids is 1. The summed E-state index contributed by atoms with van der Waals surface area (Å²) in [6, 6.07) is 11.2. The van der Waals surface area contributed by atoms with E-state index in [0.717, 1.165) is 28.2 Å². The summed E-state index contributed by atoms with van der Waals surface area (Å²) in [5.41, 5.74) is 3.31. The second-order valence-electron chi connectivity index (χ2n) is 7.50. The van der Waals surface area contributed by atoms with Gasteiger partial charge >= 0.3 is 0 Å². The van der Waals surface area contributed by atoms with Gasteiger partial charge in [0.05, 0.1) is 11.0 Å². The van der Waals surface area contributed by atoms with Crippen molar-refractivity contribution in [1.82, 2.24) is 9.97 Å². The van der Waals surface area contributed by atoms with Gasteiger partial charge in [0, 0.05) is 17.2 Å². The molecule has 2 heterocycles. The highest BCUT2D eigenvalue weighted by molar-refractivity contribution is 6.02. The number of benzene rings is 2. The van der Waals surface area contributed by atoms with E-state index >= 15 is 0 Å². The van der Waals surface area contributed by atoms with Gasteiger partial charge in [-0.3, -0.25) is 4.79 Å². The first kappa shape index (κ1) is 17.1. The predicted octanol–water partition coefficient (Wildman–Crippen LogP) is 4.24. The topological polar surface area (TPSA) is 76.2 Å². The molecule has 4 rings (SSSR count). The minimum Gasteiger partial charge on any atom is -0.454 e. The Bertz CT molecular complexity index is 1040. The van der Waals surface area contributed by atoms with Crippen LogP contribution in [0.4, 0.5) is 5.69 Å². The Hall–Kier alpha value is -3.28. The van der Waals surface area contributed by atoms with Gasteiger partial charge < -0.3 is 19.8 Å². The fourth-order valence-corrected chi connectivity index (χ4v) is 2.82. The number of rotatable bonds is 3. The monoisotopic (exact) mass is 363 g/mol. The van der Waals surface area contributed by atoms with E-state index < -0.39 is 0 Å². The number of anilines is 1. The number of hydrogen-bond donors (Lipinski definition) is 2. The third-order valence-corrected chi connectivity index (χ3v) is 4.28. The van der Waals surface area contributed by atoms with Gasteiger partial charge in [-0.1, -0.05) is 26.8 Å². The Balaban J connectivity index is 1.47. The molecule has 0 fully saturated rings. The maximum absolute atomic E-state index is 12.2. The molecule has 1 amide bonds. The number of carbonyl (C=O) groups is 1. The average molecular weight is 363 g/mol. The van der Waals surface area contributed by atoms with Crippen LogP contribution in [-0.4, -0.2) is 22.7 Å². The van der Waals surface area contributed by atoms with Crippen molar-refractivity contribution in [2.45, 2.75) is 26.2 Å². The predicted molar refractivity (Wildman–Crippen MR) is 105 cm³/mol. The molecule has 0 unspecified atom stereocenters. The van der Waals surface area contributed by atoms with Crippen LogP contribution in [0.1, 0.15) is 32.2 Å². The zero-order valence-corrected chi connectivity index (χ0v) is 15.5. The van der Waals surface area contributed by atoms with Gasteiger partial charge in [0.2, 0.25) is 12.7 Å². The van der Waals surface area contributed by atoms with Crippen molar-refractivity contribution >= 4 is 28.7 Å². The van der Waals surface area contributed by atoms with E-state index in [1.165, 1.54) is 6.08 Å². The van der Waals surface area contributed by atoms with Crippen LogP contribution in [-0.2, 0) is 10.2 Å². The van der Waals surface area contributed by atoms with Crippen LogP contribution >= 0.6 is 0 Å². The smallest absolute Gasteiger partial charge is 0.248 e. The third kappa shape index (κ3) is 3.65. The van der Waals surface area contributed by atoms with Crippen LogP contribution < -0.4 is 14.8 Å². The lowest BCUT2D eigenvalue weighted by Gasteiger charge is -2.13. The normalized spacial score (nSPS) is 13.4. The van der Waals surface area contributed by atoms with Crippen molar-refractivity contribution in [3.8, 4) is 11.5 Å². The molecule has 138 valence electrons. The fourth-order valence-electron chi connectivity index (χ4n) is 2.82. The molecule has 0 aliphatic carbocycles. The molecule has 27 heavy (non-hydrogen) atoms. The molecule has 0 saturated heterocycles. The largest absolute Gasteiger partial charge is 0.454 e. The molecule has 2 N–H and O–H groups in total. The van der Waals surface area contributed by atoms with E-state index in [1.807, 2.05) is 36.4 Å². The van der Waals surface area contributed by atoms with Crippen LogP contribution in [0.5, 0.6) is 11.5 Å². The summed E-state index contributed by atoms with van der Waals surface area (Å²) in [5.74, 6) is 2.13. The Labute approximate surface area is 157 Å². The number of aromatic amines is 1. The van der Waals surface area contributed by atoms with Gasteiger partial charge in [0.25, 0.3) is 0 Å². The zero-order valence-electron chi connectivity index (χ0n) is 15.5. The van der Waals surface area contributed by atoms with E-state index in [2.05, 4.69) is 36.1 Å². The molecule has 6 heteroatoms. The van der Waals surface area contributed by atoms with E-state index in [9.17, 15) is 4.79 Å². The number of H-pyrrole nitrogens is 1. The highest BCUT2D eigenvalue weighted by Gasteiger charge is 2.18. The van der Waals surface area contributed by atoms with E-state index in [0.29, 0.717) is 11.4 Å². The summed E-state index contributed by atoms with van der Waals surface area (Å²) in [6.07, 6.45) is 3.24. The van der Waals surface area contributed by atoms with Crippen molar-refractivity contribution in [3.05, 3.63) is 53.9 Å². The molecule has 6 nitrogen and oxygen atoms in total. The molecule has 0 radical (unpaired) electrons. The maximum atomic E-state index is 12.2. The highest BCUT2D eigenvalue weighted by Crippen LogP contribution is 2.32. The highest BCUT2D eigenvalue weighted by atomic mass is 16.7. The van der Waals surface area contributed by atoms with Crippen molar-refractivity contribution < 1.29 is 14.3 Å². The molecule has 2 aromatic carbocycles. The van der Waals surface area contributed by atoms with Crippen molar-refractivity contribution in [1.29, 1.82) is 0 Å². The first-order valence-corrected chi connectivity index (χ1v) is 8.77. The maximum Gasteiger partial charge on any atom is 0.248 e. The van der Waals surface area contributed by atoms with Crippen LogP contribution in [0.25, 0.3) is 17.1 Å². The van der Waals surface area contributed by atoms with Crippen molar-refractivity contribution in [2.75, 3.05) is 12.1 Å². The van der Waals surface area contributed by atoms with Crippen LogP contribution in [0, 0.1) is 0 Å². The van der Waals surface area contributed by atoms with Crippen molar-refractivity contribution in [3.63, 3.8) is 0 Å². The molecular weight excluding hydrogens is 342 g/mol. The number of nitrogens with one attached hydrogen (secondary N) is 2. The lowest BCUT2D eigenvalue weighted by Crippen LogP contribution is -2.12. The van der Waals surface area contributed by atoms with Crippen molar-refractivity contribution in [2.24, 2.45) is 0 Å². The number of imidazole rings is 1. The molecule has 3 aromatic rings. The number of ether oxygens (including phenoxy) is 2. The number of amides is 1. The van der Waals surface area contributed by atoms with Gasteiger partial charge in [0.15, 0.2) is 11.5 Å². The summed E-state index contributed by atoms with van der Waals surface area (Å²) >= 11 is 0. The summed E-state index contributed by atoms with van der Waals surface area (Å²) in [6.45, 7) is 6.55. The number of fused-ring (bicyclic) bond motifs is 2.